The van der Waals surface area contributed by atoms with Crippen LogP contribution in [0.25, 0.3) is 10.9 Å². The molecule has 0 radical (unpaired) electrons. The number of nitrogens with one attached hydrogen (secondary N) is 1. The van der Waals surface area contributed by atoms with E-state index in [-0.39, 0.29) is 17.9 Å². The molecule has 1 N–H and O–H groups in total. The molecule has 170 valence electrons. The summed E-state index contributed by atoms with van der Waals surface area (Å²) in [5, 5.41) is 4.16. The number of likely N-dealkylation sites (tertiary alicyclic amines) is 1. The number of pyridine rings is 1. The molecule has 5 heteroatoms. The third-order valence-corrected chi connectivity index (χ3v) is 7.14. The summed E-state index contributed by atoms with van der Waals surface area (Å²) in [6, 6.07) is 14.0. The maximum absolute atomic E-state index is 13.8. The first-order valence-corrected chi connectivity index (χ1v) is 12.1. The number of hydrogen-bond acceptors (Lipinski definition) is 3. The normalized spacial score (nSPS) is 16.5. The van der Waals surface area contributed by atoms with Crippen LogP contribution in [0.3, 0.4) is 0 Å². The molecule has 2 heterocycles. The summed E-state index contributed by atoms with van der Waals surface area (Å²) in [4.78, 5) is 33.4. The molecule has 0 saturated carbocycles. The number of carbonyl (C=O) groups is 2. The molecule has 1 fully saturated rings. The molecule has 0 unspecified atom stereocenters. The van der Waals surface area contributed by atoms with Gasteiger partial charge in [-0.25, -0.2) is 0 Å². The van der Waals surface area contributed by atoms with E-state index in [0.29, 0.717) is 13.1 Å². The van der Waals surface area contributed by atoms with E-state index >= 15 is 0 Å². The minimum absolute atomic E-state index is 0.0254. The van der Waals surface area contributed by atoms with Crippen LogP contribution in [-0.4, -0.2) is 40.8 Å². The van der Waals surface area contributed by atoms with Gasteiger partial charge in [0.25, 0.3) is 11.8 Å². The Morgan fingerprint density at radius 1 is 1.00 bits per heavy atom. The zero-order valence-corrected chi connectivity index (χ0v) is 19.5. The lowest BCUT2D eigenvalue weighted by molar-refractivity contribution is 0.0698. The van der Waals surface area contributed by atoms with Gasteiger partial charge in [-0.1, -0.05) is 29.8 Å². The van der Waals surface area contributed by atoms with Gasteiger partial charge in [0, 0.05) is 35.8 Å². The average molecular weight is 442 g/mol. The molecule has 3 aromatic rings. The highest BCUT2D eigenvalue weighted by molar-refractivity contribution is 6.08. The number of benzene rings is 2. The van der Waals surface area contributed by atoms with E-state index in [4.69, 9.17) is 4.98 Å². The van der Waals surface area contributed by atoms with Crippen molar-refractivity contribution < 1.29 is 9.59 Å². The molecular formula is C28H31N3O2. The van der Waals surface area contributed by atoms with Crippen LogP contribution in [0.5, 0.6) is 0 Å². The lowest BCUT2D eigenvalue weighted by atomic mass is 9.88. The van der Waals surface area contributed by atoms with E-state index in [1.807, 2.05) is 42.2 Å². The Bertz CT molecular complexity index is 1230. The molecule has 0 bridgehead atoms. The first-order valence-electron chi connectivity index (χ1n) is 12.1. The highest BCUT2D eigenvalue weighted by Gasteiger charge is 2.29. The SMILES string of the molecule is Cc1ccc2nc3c(c(C(=O)N4CCC(NC(=O)c5ccccc5C)CC4)c2c1)CCCC3. The maximum Gasteiger partial charge on any atom is 0.254 e. The summed E-state index contributed by atoms with van der Waals surface area (Å²) in [6.07, 6.45) is 5.67. The predicted octanol–water partition coefficient (Wildman–Crippen LogP) is 4.77. The number of rotatable bonds is 3. The molecule has 0 atom stereocenters. The van der Waals surface area contributed by atoms with Gasteiger partial charge in [0.1, 0.15) is 0 Å². The smallest absolute Gasteiger partial charge is 0.254 e. The summed E-state index contributed by atoms with van der Waals surface area (Å²) in [7, 11) is 0. The second-order valence-electron chi connectivity index (χ2n) is 9.49. The maximum atomic E-state index is 13.8. The van der Waals surface area contributed by atoms with Gasteiger partial charge in [-0.3, -0.25) is 14.6 Å². The molecule has 1 aromatic heterocycles. The molecule has 1 aliphatic heterocycles. The highest BCUT2D eigenvalue weighted by Crippen LogP contribution is 2.31. The van der Waals surface area contributed by atoms with Crippen molar-refractivity contribution in [3.05, 3.63) is 76.0 Å². The molecule has 1 saturated heterocycles. The number of aromatic nitrogens is 1. The van der Waals surface area contributed by atoms with Gasteiger partial charge in [-0.15, -0.1) is 0 Å². The monoisotopic (exact) mass is 441 g/mol. The predicted molar refractivity (Wildman–Crippen MR) is 131 cm³/mol. The molecule has 2 aromatic carbocycles. The lowest BCUT2D eigenvalue weighted by Gasteiger charge is -2.33. The van der Waals surface area contributed by atoms with E-state index < -0.39 is 0 Å². The second-order valence-corrected chi connectivity index (χ2v) is 9.49. The zero-order chi connectivity index (χ0) is 22.9. The number of amides is 2. The fourth-order valence-corrected chi connectivity index (χ4v) is 5.26. The van der Waals surface area contributed by atoms with Crippen molar-refractivity contribution in [3.63, 3.8) is 0 Å². The molecule has 2 aliphatic rings. The standard InChI is InChI=1S/C28H31N3O2/c1-18-11-12-25-23(17-18)26(22-9-5-6-10-24(22)30-25)28(33)31-15-13-20(14-16-31)29-27(32)21-8-4-3-7-19(21)2/h3-4,7-8,11-12,17,20H,5-6,9-10,13-16H2,1-2H3,(H,29,32). The largest absolute Gasteiger partial charge is 0.349 e. The van der Waals surface area contributed by atoms with Gasteiger partial charge in [-0.2, -0.15) is 0 Å². The summed E-state index contributed by atoms with van der Waals surface area (Å²) in [5.41, 5.74) is 6.88. The number of nitrogens with zero attached hydrogens (tertiary/aromatic N) is 2. The Balaban J connectivity index is 1.35. The Labute approximate surface area is 195 Å². The van der Waals surface area contributed by atoms with Crippen LogP contribution < -0.4 is 5.32 Å². The van der Waals surface area contributed by atoms with Gasteiger partial charge in [-0.05, 0) is 81.7 Å². The third-order valence-electron chi connectivity index (χ3n) is 7.14. The second kappa shape index (κ2) is 8.97. The molecule has 0 spiro atoms. The minimum Gasteiger partial charge on any atom is -0.349 e. The Morgan fingerprint density at radius 2 is 1.76 bits per heavy atom. The van der Waals surface area contributed by atoms with Crippen molar-refractivity contribution >= 4 is 22.7 Å². The fourth-order valence-electron chi connectivity index (χ4n) is 5.26. The van der Waals surface area contributed by atoms with E-state index in [0.717, 1.165) is 82.9 Å². The summed E-state index contributed by atoms with van der Waals surface area (Å²) < 4.78 is 0. The number of hydrogen-bond donors (Lipinski definition) is 1. The molecule has 5 nitrogen and oxygen atoms in total. The van der Waals surface area contributed by atoms with Crippen LogP contribution in [0.2, 0.25) is 0 Å². The number of aryl methyl sites for hydroxylation is 3. The van der Waals surface area contributed by atoms with E-state index in [1.54, 1.807) is 0 Å². The first-order chi connectivity index (χ1) is 16.0. The van der Waals surface area contributed by atoms with Crippen LogP contribution in [0, 0.1) is 13.8 Å². The van der Waals surface area contributed by atoms with Crippen LogP contribution in [-0.2, 0) is 12.8 Å². The zero-order valence-electron chi connectivity index (χ0n) is 19.5. The van der Waals surface area contributed by atoms with Gasteiger partial charge in [0.05, 0.1) is 11.1 Å². The average Bonchev–Trinajstić information content (AvgIpc) is 2.83. The van der Waals surface area contributed by atoms with E-state index in [2.05, 4.69) is 24.4 Å². The van der Waals surface area contributed by atoms with Gasteiger partial charge < -0.3 is 10.2 Å². The van der Waals surface area contributed by atoms with Crippen LogP contribution in [0.1, 0.15) is 68.8 Å². The Hall–Kier alpha value is -3.21. The Kier molecular flexibility index (Phi) is 5.88. The van der Waals surface area contributed by atoms with Crippen LogP contribution in [0.15, 0.2) is 42.5 Å². The molecule has 2 amide bonds. The molecular weight excluding hydrogens is 410 g/mol. The fraction of sp³-hybridized carbons (Fsp3) is 0.393. The summed E-state index contributed by atoms with van der Waals surface area (Å²) in [5.74, 6) is 0.0948. The van der Waals surface area contributed by atoms with E-state index in [1.165, 1.54) is 0 Å². The van der Waals surface area contributed by atoms with Crippen molar-refractivity contribution in [2.45, 2.75) is 58.4 Å². The van der Waals surface area contributed by atoms with Crippen molar-refractivity contribution in [3.8, 4) is 0 Å². The van der Waals surface area contributed by atoms with E-state index in [9.17, 15) is 9.59 Å². The first kappa shape index (κ1) is 21.6. The topological polar surface area (TPSA) is 62.3 Å². The molecule has 5 rings (SSSR count). The highest BCUT2D eigenvalue weighted by atomic mass is 16.2. The molecule has 33 heavy (non-hydrogen) atoms. The number of carbonyl (C=O) groups excluding carboxylic acids is 2. The lowest BCUT2D eigenvalue weighted by Crippen LogP contribution is -2.47. The van der Waals surface area contributed by atoms with Crippen LogP contribution in [0.4, 0.5) is 0 Å². The van der Waals surface area contributed by atoms with Gasteiger partial charge in [0.15, 0.2) is 0 Å². The van der Waals surface area contributed by atoms with Crippen LogP contribution >= 0.6 is 0 Å². The number of piperidine rings is 1. The molecule has 1 aliphatic carbocycles. The van der Waals surface area contributed by atoms with Gasteiger partial charge in [0.2, 0.25) is 0 Å². The minimum atomic E-state index is -0.0254. The van der Waals surface area contributed by atoms with Crippen molar-refractivity contribution in [2.75, 3.05) is 13.1 Å². The van der Waals surface area contributed by atoms with Crippen molar-refractivity contribution in [1.29, 1.82) is 0 Å². The van der Waals surface area contributed by atoms with Gasteiger partial charge >= 0.3 is 0 Å². The summed E-state index contributed by atoms with van der Waals surface area (Å²) >= 11 is 0. The number of fused-ring (bicyclic) bond motifs is 2. The third kappa shape index (κ3) is 4.24. The quantitative estimate of drug-likeness (QED) is 0.637. The van der Waals surface area contributed by atoms with Crippen molar-refractivity contribution in [2.24, 2.45) is 0 Å². The summed E-state index contributed by atoms with van der Waals surface area (Å²) in [6.45, 7) is 5.33. The Morgan fingerprint density at radius 3 is 2.55 bits per heavy atom. The van der Waals surface area contributed by atoms with Crippen molar-refractivity contribution in [1.82, 2.24) is 15.2 Å².